The summed E-state index contributed by atoms with van der Waals surface area (Å²) in [5.74, 6) is -0.463. The molecule has 2 aromatic carbocycles. The number of carbonyl (C=O) groups is 2. The molecule has 0 unspecified atom stereocenters. The van der Waals surface area contributed by atoms with E-state index in [1.54, 1.807) is 49.3 Å². The van der Waals surface area contributed by atoms with E-state index >= 15 is 0 Å². The van der Waals surface area contributed by atoms with Crippen LogP contribution in [0.1, 0.15) is 28.9 Å². The summed E-state index contributed by atoms with van der Waals surface area (Å²) in [4.78, 5) is 31.7. The van der Waals surface area contributed by atoms with E-state index in [-0.39, 0.29) is 28.9 Å². The Kier molecular flexibility index (Phi) is 6.37. The molecular formula is C25H27N3O4S. The van der Waals surface area contributed by atoms with E-state index in [0.717, 1.165) is 22.0 Å². The molecule has 4 rings (SSSR count). The van der Waals surface area contributed by atoms with E-state index < -0.39 is 9.84 Å². The largest absolute Gasteiger partial charge is 0.351 e. The second-order valence-electron chi connectivity index (χ2n) is 8.40. The summed E-state index contributed by atoms with van der Waals surface area (Å²) in [5.41, 5.74) is 3.37. The smallest absolute Gasteiger partial charge is 0.269 e. The fourth-order valence-corrected chi connectivity index (χ4v) is 5.23. The number of aromatic nitrogens is 1. The molecule has 0 fully saturated rings. The summed E-state index contributed by atoms with van der Waals surface area (Å²) >= 11 is 0. The lowest BCUT2D eigenvalue weighted by Gasteiger charge is -2.28. The van der Waals surface area contributed by atoms with Crippen molar-refractivity contribution in [1.29, 1.82) is 0 Å². The average molecular weight is 466 g/mol. The monoisotopic (exact) mass is 465 g/mol. The molecule has 33 heavy (non-hydrogen) atoms. The minimum atomic E-state index is -3.49. The van der Waals surface area contributed by atoms with Gasteiger partial charge in [-0.3, -0.25) is 9.59 Å². The SMILES string of the molecule is CN(C)C(=O)c1cc2ccc(C3=CCCN(C(=O)CCS(=O)(=O)c4ccccc4)C3)cc2[nH]1. The maximum absolute atomic E-state index is 12.8. The second-order valence-corrected chi connectivity index (χ2v) is 10.5. The molecule has 2 heterocycles. The molecule has 8 heteroatoms. The molecule has 0 saturated heterocycles. The van der Waals surface area contributed by atoms with Crippen molar-refractivity contribution < 1.29 is 18.0 Å². The molecule has 172 valence electrons. The predicted octanol–water partition coefficient (Wildman–Crippen LogP) is 3.35. The van der Waals surface area contributed by atoms with Crippen LogP contribution in [0.5, 0.6) is 0 Å². The number of benzene rings is 2. The summed E-state index contributed by atoms with van der Waals surface area (Å²) in [7, 11) is -0.0700. The highest BCUT2D eigenvalue weighted by molar-refractivity contribution is 7.91. The van der Waals surface area contributed by atoms with Crippen LogP contribution in [0.25, 0.3) is 16.5 Å². The molecule has 7 nitrogen and oxygen atoms in total. The lowest BCUT2D eigenvalue weighted by atomic mass is 10.00. The minimum Gasteiger partial charge on any atom is -0.351 e. The molecule has 0 bridgehead atoms. The molecular weight excluding hydrogens is 438 g/mol. The third-order valence-electron chi connectivity index (χ3n) is 5.82. The van der Waals surface area contributed by atoms with Gasteiger partial charge in [0, 0.05) is 44.5 Å². The van der Waals surface area contributed by atoms with E-state index in [0.29, 0.717) is 25.2 Å². The van der Waals surface area contributed by atoms with Gasteiger partial charge in [-0.25, -0.2) is 8.42 Å². The first kappa shape index (κ1) is 22.8. The van der Waals surface area contributed by atoms with E-state index in [4.69, 9.17) is 0 Å². The summed E-state index contributed by atoms with van der Waals surface area (Å²) in [6.07, 6.45) is 2.77. The quantitative estimate of drug-likeness (QED) is 0.605. The lowest BCUT2D eigenvalue weighted by molar-refractivity contribution is -0.130. The van der Waals surface area contributed by atoms with E-state index in [9.17, 15) is 18.0 Å². The zero-order chi connectivity index (χ0) is 23.6. The molecule has 0 spiro atoms. The Bertz CT molecular complexity index is 1320. The molecule has 0 aliphatic carbocycles. The van der Waals surface area contributed by atoms with Crippen LogP contribution >= 0.6 is 0 Å². The standard InChI is InChI=1S/C25H27N3O4S/c1-27(2)25(30)23-16-19-11-10-18(15-22(19)26-23)20-7-6-13-28(17-20)24(29)12-14-33(31,32)21-8-4-3-5-9-21/h3-5,7-11,15-16,26H,6,12-14,17H2,1-2H3. The van der Waals surface area contributed by atoms with Crippen molar-refractivity contribution in [2.75, 3.05) is 32.9 Å². The maximum Gasteiger partial charge on any atom is 0.269 e. The zero-order valence-electron chi connectivity index (χ0n) is 18.7. The number of aromatic amines is 1. The fraction of sp³-hybridized carbons (Fsp3) is 0.280. The van der Waals surface area contributed by atoms with Gasteiger partial charge in [-0.15, -0.1) is 0 Å². The van der Waals surface area contributed by atoms with Gasteiger partial charge in [0.25, 0.3) is 5.91 Å². The van der Waals surface area contributed by atoms with Crippen LogP contribution in [0, 0.1) is 0 Å². The molecule has 1 aliphatic rings. The van der Waals surface area contributed by atoms with Crippen LogP contribution in [0.4, 0.5) is 0 Å². The van der Waals surface area contributed by atoms with Crippen LogP contribution in [0.15, 0.2) is 65.6 Å². The molecule has 1 N–H and O–H groups in total. The van der Waals surface area contributed by atoms with Crippen molar-refractivity contribution in [2.45, 2.75) is 17.7 Å². The van der Waals surface area contributed by atoms with Crippen molar-refractivity contribution >= 4 is 38.1 Å². The molecule has 2 amide bonds. The summed E-state index contributed by atoms with van der Waals surface area (Å²) in [6.45, 7) is 1.000. The summed E-state index contributed by atoms with van der Waals surface area (Å²) in [5, 5.41) is 0.944. The Morgan fingerprint density at radius 1 is 1.06 bits per heavy atom. The Labute approximate surface area is 193 Å². The van der Waals surface area contributed by atoms with Gasteiger partial charge in [-0.05, 0) is 41.8 Å². The van der Waals surface area contributed by atoms with Crippen LogP contribution < -0.4 is 0 Å². The number of hydrogen-bond donors (Lipinski definition) is 1. The lowest BCUT2D eigenvalue weighted by Crippen LogP contribution is -2.36. The normalized spacial score (nSPS) is 14.2. The number of hydrogen-bond acceptors (Lipinski definition) is 4. The maximum atomic E-state index is 12.8. The first-order chi connectivity index (χ1) is 15.7. The predicted molar refractivity (Wildman–Crippen MR) is 129 cm³/mol. The fourth-order valence-electron chi connectivity index (χ4n) is 3.97. The third-order valence-corrected chi connectivity index (χ3v) is 7.55. The van der Waals surface area contributed by atoms with Gasteiger partial charge in [0.1, 0.15) is 5.69 Å². The van der Waals surface area contributed by atoms with Crippen molar-refractivity contribution in [3.63, 3.8) is 0 Å². The second kappa shape index (κ2) is 9.23. The number of amides is 2. The Morgan fingerprint density at radius 3 is 2.55 bits per heavy atom. The average Bonchev–Trinajstić information content (AvgIpc) is 3.26. The van der Waals surface area contributed by atoms with E-state index in [2.05, 4.69) is 11.1 Å². The highest BCUT2D eigenvalue weighted by Crippen LogP contribution is 2.26. The number of nitrogens with zero attached hydrogens (tertiary/aromatic N) is 2. The molecule has 1 aliphatic heterocycles. The molecule has 0 radical (unpaired) electrons. The Balaban J connectivity index is 1.44. The molecule has 3 aromatic rings. The number of H-pyrrole nitrogens is 1. The Morgan fingerprint density at radius 2 is 1.82 bits per heavy atom. The van der Waals surface area contributed by atoms with Crippen LogP contribution in [0.3, 0.4) is 0 Å². The number of carbonyl (C=O) groups excluding carboxylic acids is 2. The third kappa shape index (κ3) is 5.01. The van der Waals surface area contributed by atoms with Crippen molar-refractivity contribution in [2.24, 2.45) is 0 Å². The van der Waals surface area contributed by atoms with Gasteiger partial charge in [0.2, 0.25) is 5.91 Å². The zero-order valence-corrected chi connectivity index (χ0v) is 19.6. The van der Waals surface area contributed by atoms with Crippen LogP contribution in [-0.2, 0) is 14.6 Å². The first-order valence-corrected chi connectivity index (χ1v) is 12.5. The molecule has 0 saturated carbocycles. The van der Waals surface area contributed by atoms with Crippen LogP contribution in [-0.4, -0.2) is 68.0 Å². The number of fused-ring (bicyclic) bond motifs is 1. The first-order valence-electron chi connectivity index (χ1n) is 10.8. The summed E-state index contributed by atoms with van der Waals surface area (Å²) < 4.78 is 25.0. The highest BCUT2D eigenvalue weighted by atomic mass is 32.2. The Hall–Kier alpha value is -3.39. The number of rotatable bonds is 6. The van der Waals surface area contributed by atoms with Gasteiger partial charge >= 0.3 is 0 Å². The topological polar surface area (TPSA) is 90.6 Å². The summed E-state index contributed by atoms with van der Waals surface area (Å²) in [6, 6.07) is 16.0. The van der Waals surface area contributed by atoms with Gasteiger partial charge in [0.05, 0.1) is 10.6 Å². The molecule has 1 aromatic heterocycles. The van der Waals surface area contributed by atoms with Crippen molar-refractivity contribution in [3.8, 4) is 0 Å². The number of sulfone groups is 1. The van der Waals surface area contributed by atoms with Crippen LogP contribution in [0.2, 0.25) is 0 Å². The van der Waals surface area contributed by atoms with Gasteiger partial charge in [-0.2, -0.15) is 0 Å². The number of nitrogens with one attached hydrogen (secondary N) is 1. The highest BCUT2D eigenvalue weighted by Gasteiger charge is 2.22. The molecule has 0 atom stereocenters. The van der Waals surface area contributed by atoms with Gasteiger partial charge in [-0.1, -0.05) is 36.4 Å². The van der Waals surface area contributed by atoms with E-state index in [1.165, 1.54) is 4.90 Å². The van der Waals surface area contributed by atoms with Gasteiger partial charge in [0.15, 0.2) is 9.84 Å². The van der Waals surface area contributed by atoms with Gasteiger partial charge < -0.3 is 14.8 Å². The minimum absolute atomic E-state index is 0.0455. The van der Waals surface area contributed by atoms with Crippen molar-refractivity contribution in [3.05, 3.63) is 71.9 Å². The van der Waals surface area contributed by atoms with Crippen molar-refractivity contribution in [1.82, 2.24) is 14.8 Å². The van der Waals surface area contributed by atoms with E-state index in [1.807, 2.05) is 24.3 Å².